The summed E-state index contributed by atoms with van der Waals surface area (Å²) in [5.74, 6) is 1.31. The average Bonchev–Trinajstić information content (AvgIpc) is 3.08. The molecule has 0 unspecified atom stereocenters. The number of allylic oxidation sites excluding steroid dienone is 2. The number of aliphatic hydroxyl groups is 3. The highest BCUT2D eigenvalue weighted by atomic mass is 16.3. The van der Waals surface area contributed by atoms with Gasteiger partial charge in [-0.05, 0) is 124 Å². The first-order chi connectivity index (χ1) is 15.1. The lowest BCUT2D eigenvalue weighted by atomic mass is 9.35. The van der Waals surface area contributed by atoms with Gasteiger partial charge in [0, 0.05) is 0 Å². The molecule has 4 rings (SSSR count). The average molecular weight is 461 g/mol. The van der Waals surface area contributed by atoms with Crippen LogP contribution in [0.25, 0.3) is 0 Å². The van der Waals surface area contributed by atoms with Crippen LogP contribution in [0.3, 0.4) is 0 Å². The molecular weight excluding hydrogens is 408 g/mol. The Kier molecular flexibility index (Phi) is 6.28. The van der Waals surface area contributed by atoms with Crippen molar-refractivity contribution in [1.82, 2.24) is 0 Å². The van der Waals surface area contributed by atoms with E-state index in [9.17, 15) is 15.3 Å². The predicted octanol–water partition coefficient (Wildman–Crippen LogP) is 6.50. The van der Waals surface area contributed by atoms with Gasteiger partial charge in [0.25, 0.3) is 0 Å². The zero-order chi connectivity index (χ0) is 24.6. The van der Waals surface area contributed by atoms with E-state index in [1.165, 1.54) is 18.4 Å². The van der Waals surface area contributed by atoms with Crippen LogP contribution in [0.1, 0.15) is 113 Å². The number of rotatable bonds is 4. The van der Waals surface area contributed by atoms with Crippen LogP contribution in [0.15, 0.2) is 11.6 Å². The largest absolute Gasteiger partial charge is 0.393 e. The van der Waals surface area contributed by atoms with Crippen LogP contribution in [0.4, 0.5) is 0 Å². The normalized spacial score (nSPS) is 50.5. The van der Waals surface area contributed by atoms with Gasteiger partial charge in [0.1, 0.15) is 0 Å². The molecule has 3 heteroatoms. The summed E-state index contributed by atoms with van der Waals surface area (Å²) in [6.07, 6.45) is 10.6. The summed E-state index contributed by atoms with van der Waals surface area (Å²) >= 11 is 0. The highest BCUT2D eigenvalue weighted by Gasteiger charge is 2.71. The van der Waals surface area contributed by atoms with E-state index in [4.69, 9.17) is 0 Å². The first-order valence-corrected chi connectivity index (χ1v) is 13.8. The van der Waals surface area contributed by atoms with E-state index in [1.54, 1.807) is 0 Å². The van der Waals surface area contributed by atoms with Crippen LogP contribution in [0.2, 0.25) is 0 Å². The predicted molar refractivity (Wildman–Crippen MR) is 136 cm³/mol. The van der Waals surface area contributed by atoms with Crippen molar-refractivity contribution in [3.8, 4) is 0 Å². The third-order valence-corrected chi connectivity index (χ3v) is 12.4. The third kappa shape index (κ3) is 3.61. The Morgan fingerprint density at radius 2 is 1.55 bits per heavy atom. The van der Waals surface area contributed by atoms with Gasteiger partial charge in [-0.25, -0.2) is 0 Å². The maximum Gasteiger partial charge on any atom is 0.0654 e. The monoisotopic (exact) mass is 460 g/mol. The summed E-state index contributed by atoms with van der Waals surface area (Å²) in [5, 5.41) is 34.3. The second kappa shape index (κ2) is 8.07. The Morgan fingerprint density at radius 3 is 2.18 bits per heavy atom. The quantitative estimate of drug-likeness (QED) is 0.420. The number of hydrogen-bond donors (Lipinski definition) is 3. The zero-order valence-electron chi connectivity index (χ0n) is 22.7. The van der Waals surface area contributed by atoms with Crippen molar-refractivity contribution in [2.24, 2.45) is 45.3 Å². The van der Waals surface area contributed by atoms with E-state index in [0.717, 1.165) is 44.9 Å². The Morgan fingerprint density at radius 1 is 0.909 bits per heavy atom. The maximum atomic E-state index is 11.8. The van der Waals surface area contributed by atoms with E-state index in [0.29, 0.717) is 11.8 Å². The van der Waals surface area contributed by atoms with E-state index in [2.05, 4.69) is 54.5 Å². The van der Waals surface area contributed by atoms with Crippen molar-refractivity contribution in [2.75, 3.05) is 0 Å². The van der Waals surface area contributed by atoms with Gasteiger partial charge >= 0.3 is 0 Å². The van der Waals surface area contributed by atoms with Crippen LogP contribution >= 0.6 is 0 Å². The number of fused-ring (bicyclic) bond motifs is 5. The summed E-state index contributed by atoms with van der Waals surface area (Å²) in [4.78, 5) is 0. The fourth-order valence-electron chi connectivity index (χ4n) is 10.3. The SMILES string of the molecule is CC(C)=CCC[C@](C)(O)[C@H]1CC[C@]2(C)[C@@H]1[C@H](O)C[C@@H]1[C@@]3(C)CC[C@@H](O)C(C)(C)[C@H]3CC[C@]12C. The van der Waals surface area contributed by atoms with Gasteiger partial charge in [-0.1, -0.05) is 46.3 Å². The summed E-state index contributed by atoms with van der Waals surface area (Å²) < 4.78 is 0. The smallest absolute Gasteiger partial charge is 0.0654 e. The van der Waals surface area contributed by atoms with Crippen LogP contribution in [-0.4, -0.2) is 33.1 Å². The van der Waals surface area contributed by atoms with Crippen molar-refractivity contribution in [3.63, 3.8) is 0 Å². The van der Waals surface area contributed by atoms with E-state index in [1.807, 2.05) is 6.92 Å². The lowest BCUT2D eigenvalue weighted by Crippen LogP contribution is -2.66. The van der Waals surface area contributed by atoms with Crippen molar-refractivity contribution >= 4 is 0 Å². The highest BCUT2D eigenvalue weighted by molar-refractivity contribution is 5.20. The molecule has 190 valence electrons. The van der Waals surface area contributed by atoms with Crippen molar-refractivity contribution < 1.29 is 15.3 Å². The van der Waals surface area contributed by atoms with Gasteiger partial charge < -0.3 is 15.3 Å². The van der Waals surface area contributed by atoms with Crippen molar-refractivity contribution in [3.05, 3.63) is 11.6 Å². The van der Waals surface area contributed by atoms with E-state index < -0.39 is 5.60 Å². The molecule has 0 aliphatic heterocycles. The molecule has 10 atom stereocenters. The lowest BCUT2D eigenvalue weighted by molar-refractivity contribution is -0.246. The molecule has 0 spiro atoms. The van der Waals surface area contributed by atoms with Crippen molar-refractivity contribution in [1.29, 1.82) is 0 Å². The van der Waals surface area contributed by atoms with Gasteiger partial charge in [0.2, 0.25) is 0 Å². The molecule has 0 bridgehead atoms. The Labute approximate surface area is 203 Å². The lowest BCUT2D eigenvalue weighted by Gasteiger charge is -2.70. The highest BCUT2D eigenvalue weighted by Crippen LogP contribution is 2.75. The molecule has 0 aromatic heterocycles. The topological polar surface area (TPSA) is 60.7 Å². The van der Waals surface area contributed by atoms with Crippen LogP contribution < -0.4 is 0 Å². The van der Waals surface area contributed by atoms with Crippen molar-refractivity contribution in [2.45, 2.75) is 131 Å². The molecule has 4 fully saturated rings. The molecule has 4 saturated carbocycles. The van der Waals surface area contributed by atoms with Crippen LogP contribution in [0, 0.1) is 45.3 Å². The minimum absolute atomic E-state index is 0.0503. The fourth-order valence-corrected chi connectivity index (χ4v) is 10.3. The van der Waals surface area contributed by atoms with E-state index >= 15 is 0 Å². The van der Waals surface area contributed by atoms with Gasteiger partial charge in [-0.3, -0.25) is 0 Å². The minimum Gasteiger partial charge on any atom is -0.393 e. The molecule has 0 heterocycles. The standard InChI is InChI=1S/C30H52O3/c1-19(2)10-9-14-30(8,33)20-11-16-29(7)25(20)21(31)18-23-27(5)15-13-24(32)26(3,4)22(27)12-17-28(23,29)6/h10,20-25,31-33H,9,11-18H2,1-8H3/t20-,21+,22+,23+,24+,25-,27-,28+,29+,30-/m0/s1. The third-order valence-electron chi connectivity index (χ3n) is 12.4. The summed E-state index contributed by atoms with van der Waals surface area (Å²) in [6, 6.07) is 0. The first-order valence-electron chi connectivity index (χ1n) is 13.8. The molecule has 0 saturated heterocycles. The zero-order valence-corrected chi connectivity index (χ0v) is 22.7. The number of hydrogen-bond acceptors (Lipinski definition) is 3. The fraction of sp³-hybridized carbons (Fsp3) is 0.933. The second-order valence-corrected chi connectivity index (χ2v) is 14.5. The number of aliphatic hydroxyl groups excluding tert-OH is 2. The Hall–Kier alpha value is -0.380. The summed E-state index contributed by atoms with van der Waals surface area (Å²) in [5.41, 5.74) is 0.885. The molecule has 3 N–H and O–H groups in total. The van der Waals surface area contributed by atoms with Gasteiger partial charge in [0.15, 0.2) is 0 Å². The van der Waals surface area contributed by atoms with E-state index in [-0.39, 0.29) is 45.7 Å². The molecule has 3 nitrogen and oxygen atoms in total. The van der Waals surface area contributed by atoms with Gasteiger partial charge in [-0.2, -0.15) is 0 Å². The molecule has 33 heavy (non-hydrogen) atoms. The maximum absolute atomic E-state index is 11.8. The Balaban J connectivity index is 1.66. The molecule has 0 aromatic rings. The van der Waals surface area contributed by atoms with Gasteiger partial charge in [0.05, 0.1) is 17.8 Å². The molecule has 4 aliphatic rings. The molecule has 0 amide bonds. The molecular formula is C30H52O3. The van der Waals surface area contributed by atoms with Crippen LogP contribution in [0.5, 0.6) is 0 Å². The molecule has 0 radical (unpaired) electrons. The van der Waals surface area contributed by atoms with Crippen LogP contribution in [-0.2, 0) is 0 Å². The Bertz CT molecular complexity index is 779. The van der Waals surface area contributed by atoms with Gasteiger partial charge in [-0.15, -0.1) is 0 Å². The first kappa shape index (κ1) is 25.7. The minimum atomic E-state index is -0.739. The summed E-state index contributed by atoms with van der Waals surface area (Å²) in [6.45, 7) is 18.3. The second-order valence-electron chi connectivity index (χ2n) is 14.5. The molecule has 4 aliphatic carbocycles. The summed E-state index contributed by atoms with van der Waals surface area (Å²) in [7, 11) is 0. The molecule has 0 aromatic carbocycles.